The molecule has 0 spiro atoms. The highest BCUT2D eigenvalue weighted by atomic mass is 79.9. The monoisotopic (exact) mass is 490 g/mol. The zero-order valence-electron chi connectivity index (χ0n) is 16.9. The van der Waals surface area contributed by atoms with E-state index in [0.717, 1.165) is 42.1 Å². The Morgan fingerprint density at radius 3 is 2.23 bits per heavy atom. The van der Waals surface area contributed by atoms with Gasteiger partial charge in [0, 0.05) is 24.1 Å². The van der Waals surface area contributed by atoms with Gasteiger partial charge in [-0.25, -0.2) is 8.42 Å². The average Bonchev–Trinajstić information content (AvgIpc) is 2.74. The van der Waals surface area contributed by atoms with Gasteiger partial charge >= 0.3 is 0 Å². The average molecular weight is 491 g/mol. The maximum atomic E-state index is 13.1. The molecule has 0 bridgehead atoms. The summed E-state index contributed by atoms with van der Waals surface area (Å²) in [4.78, 5) is 13.4. The van der Waals surface area contributed by atoms with E-state index in [4.69, 9.17) is 0 Å². The Morgan fingerprint density at radius 1 is 1.03 bits per heavy atom. The van der Waals surface area contributed by atoms with Crippen molar-refractivity contribution in [2.45, 2.75) is 42.4 Å². The first-order chi connectivity index (χ1) is 14.4. The molecule has 0 unspecified atom stereocenters. The molecule has 0 aromatic heterocycles. The number of carbonyl (C=O) groups excluding carboxylic acids is 1. The summed E-state index contributed by atoms with van der Waals surface area (Å²) in [5.74, 6) is 0.411. The molecule has 5 nitrogen and oxygen atoms in total. The number of amides is 1. The second-order valence-corrected chi connectivity index (χ2v) is 11.2. The number of piperidine rings is 1. The highest BCUT2D eigenvalue weighted by Crippen LogP contribution is 2.44. The number of sulfonamides is 1. The van der Waals surface area contributed by atoms with Crippen molar-refractivity contribution in [3.8, 4) is 0 Å². The lowest BCUT2D eigenvalue weighted by atomic mass is 9.64. The molecule has 1 saturated carbocycles. The van der Waals surface area contributed by atoms with Gasteiger partial charge in [0.15, 0.2) is 0 Å². The molecule has 1 aliphatic carbocycles. The minimum atomic E-state index is -3.43. The molecule has 1 aliphatic heterocycles. The summed E-state index contributed by atoms with van der Waals surface area (Å²) in [6, 6.07) is 16.6. The molecule has 2 aliphatic rings. The van der Waals surface area contributed by atoms with Crippen LogP contribution in [0.3, 0.4) is 0 Å². The Hall–Kier alpha value is -1.70. The van der Waals surface area contributed by atoms with Gasteiger partial charge in [-0.1, -0.05) is 52.7 Å². The zero-order chi connectivity index (χ0) is 21.2. The number of hydrogen-bond acceptors (Lipinski definition) is 3. The van der Waals surface area contributed by atoms with Gasteiger partial charge in [-0.3, -0.25) is 4.79 Å². The summed E-state index contributed by atoms with van der Waals surface area (Å²) in [6.07, 6.45) is 4.36. The van der Waals surface area contributed by atoms with Crippen LogP contribution in [0.5, 0.6) is 0 Å². The van der Waals surface area contributed by atoms with Crippen LogP contribution in [-0.2, 0) is 20.2 Å². The molecular formula is C23H27BrN2O3S. The third-order valence-electron chi connectivity index (χ3n) is 6.54. The molecule has 0 atom stereocenters. The fourth-order valence-corrected chi connectivity index (χ4v) is 6.20. The number of benzene rings is 2. The summed E-state index contributed by atoms with van der Waals surface area (Å²) >= 11 is 3.46. The molecule has 30 heavy (non-hydrogen) atoms. The number of carbonyl (C=O) groups is 1. The van der Waals surface area contributed by atoms with Crippen molar-refractivity contribution in [3.05, 3.63) is 64.6 Å². The van der Waals surface area contributed by atoms with Crippen molar-refractivity contribution >= 4 is 31.9 Å². The lowest BCUT2D eigenvalue weighted by Gasteiger charge is -2.41. The van der Waals surface area contributed by atoms with Gasteiger partial charge in [0.05, 0.1) is 10.3 Å². The third kappa shape index (κ3) is 4.20. The maximum Gasteiger partial charge on any atom is 0.243 e. The molecule has 1 saturated heterocycles. The summed E-state index contributed by atoms with van der Waals surface area (Å²) in [6.45, 7) is 1.60. The Balaban J connectivity index is 1.32. The van der Waals surface area contributed by atoms with Gasteiger partial charge in [0.2, 0.25) is 15.9 Å². The van der Waals surface area contributed by atoms with Gasteiger partial charge < -0.3 is 5.32 Å². The lowest BCUT2D eigenvalue weighted by Crippen LogP contribution is -2.51. The van der Waals surface area contributed by atoms with Crippen LogP contribution in [0.2, 0.25) is 0 Å². The number of rotatable bonds is 6. The highest BCUT2D eigenvalue weighted by Gasteiger charge is 2.45. The summed E-state index contributed by atoms with van der Waals surface area (Å²) < 4.78 is 28.1. The van der Waals surface area contributed by atoms with Gasteiger partial charge in [-0.15, -0.1) is 0 Å². The molecule has 2 aromatic rings. The summed E-state index contributed by atoms with van der Waals surface area (Å²) in [7, 11) is -3.43. The van der Waals surface area contributed by atoms with Gasteiger partial charge in [-0.05, 0) is 61.4 Å². The molecule has 1 amide bonds. The van der Waals surface area contributed by atoms with Crippen molar-refractivity contribution in [3.63, 3.8) is 0 Å². The van der Waals surface area contributed by atoms with Crippen molar-refractivity contribution in [2.75, 3.05) is 19.6 Å². The largest absolute Gasteiger partial charge is 0.355 e. The zero-order valence-corrected chi connectivity index (χ0v) is 19.3. The SMILES string of the molecule is O=C(NCC1CCN(S(=O)(=O)c2ccccc2)CC1)C1(c2ccc(Br)cc2)CCC1. The Labute approximate surface area is 187 Å². The van der Waals surface area contributed by atoms with E-state index in [1.807, 2.05) is 30.3 Å². The first-order valence-corrected chi connectivity index (χ1v) is 12.7. The second-order valence-electron chi connectivity index (χ2n) is 8.31. The normalized spacial score (nSPS) is 19.8. The number of nitrogens with zero attached hydrogens (tertiary/aromatic N) is 1. The van der Waals surface area contributed by atoms with Crippen LogP contribution in [0, 0.1) is 5.92 Å². The fraction of sp³-hybridized carbons (Fsp3) is 0.435. The van der Waals surface area contributed by atoms with Crippen LogP contribution >= 0.6 is 15.9 Å². The Kier molecular flexibility index (Phi) is 6.32. The quantitative estimate of drug-likeness (QED) is 0.662. The predicted octanol–water partition coefficient (Wildman–Crippen LogP) is 4.09. The first-order valence-electron chi connectivity index (χ1n) is 10.5. The van der Waals surface area contributed by atoms with E-state index in [9.17, 15) is 13.2 Å². The fourth-order valence-electron chi connectivity index (χ4n) is 4.45. The van der Waals surface area contributed by atoms with E-state index in [1.165, 1.54) is 0 Å². The van der Waals surface area contributed by atoms with Gasteiger partial charge in [0.1, 0.15) is 0 Å². The second kappa shape index (κ2) is 8.81. The van der Waals surface area contributed by atoms with Gasteiger partial charge in [-0.2, -0.15) is 4.31 Å². The van der Waals surface area contributed by atoms with Crippen LogP contribution in [0.4, 0.5) is 0 Å². The summed E-state index contributed by atoms with van der Waals surface area (Å²) in [5.41, 5.74) is 0.677. The molecule has 1 heterocycles. The number of halogens is 1. The lowest BCUT2D eigenvalue weighted by molar-refractivity contribution is -0.130. The third-order valence-corrected chi connectivity index (χ3v) is 8.99. The molecule has 2 fully saturated rings. The van der Waals surface area contributed by atoms with E-state index < -0.39 is 15.4 Å². The molecule has 0 radical (unpaired) electrons. The van der Waals surface area contributed by atoms with E-state index >= 15 is 0 Å². The van der Waals surface area contributed by atoms with E-state index in [-0.39, 0.29) is 5.91 Å². The number of hydrogen-bond donors (Lipinski definition) is 1. The first kappa shape index (κ1) is 21.5. The van der Waals surface area contributed by atoms with Crippen molar-refractivity contribution in [1.29, 1.82) is 0 Å². The smallest absolute Gasteiger partial charge is 0.243 e. The molecule has 2 aromatic carbocycles. The molecule has 4 rings (SSSR count). The molecular weight excluding hydrogens is 464 g/mol. The minimum Gasteiger partial charge on any atom is -0.355 e. The van der Waals surface area contributed by atoms with Crippen LogP contribution < -0.4 is 5.32 Å². The van der Waals surface area contributed by atoms with Crippen LogP contribution in [0.1, 0.15) is 37.7 Å². The molecule has 1 N–H and O–H groups in total. The van der Waals surface area contributed by atoms with Crippen molar-refractivity contribution in [2.24, 2.45) is 5.92 Å². The summed E-state index contributed by atoms with van der Waals surface area (Å²) in [5, 5.41) is 3.17. The van der Waals surface area contributed by atoms with Gasteiger partial charge in [0.25, 0.3) is 0 Å². The number of nitrogens with one attached hydrogen (secondary N) is 1. The topological polar surface area (TPSA) is 66.5 Å². The minimum absolute atomic E-state index is 0.107. The highest BCUT2D eigenvalue weighted by molar-refractivity contribution is 9.10. The predicted molar refractivity (Wildman–Crippen MR) is 121 cm³/mol. The maximum absolute atomic E-state index is 13.1. The standard InChI is InChI=1S/C23H27BrN2O3S/c24-20-9-7-19(8-10-20)23(13-4-14-23)22(27)25-17-18-11-15-26(16-12-18)30(28,29)21-5-2-1-3-6-21/h1-3,5-10,18H,4,11-17H2,(H,25,27). The van der Waals surface area contributed by atoms with E-state index in [1.54, 1.807) is 28.6 Å². The van der Waals surface area contributed by atoms with Crippen molar-refractivity contribution in [1.82, 2.24) is 9.62 Å². The van der Waals surface area contributed by atoms with Crippen LogP contribution in [0.25, 0.3) is 0 Å². The Bertz CT molecular complexity index is 981. The van der Waals surface area contributed by atoms with Crippen molar-refractivity contribution < 1.29 is 13.2 Å². The van der Waals surface area contributed by atoms with Crippen LogP contribution in [0.15, 0.2) is 64.0 Å². The van der Waals surface area contributed by atoms with E-state index in [2.05, 4.69) is 21.2 Å². The van der Waals surface area contributed by atoms with E-state index in [0.29, 0.717) is 30.4 Å². The molecule has 7 heteroatoms. The van der Waals surface area contributed by atoms with Crippen LogP contribution in [-0.4, -0.2) is 38.3 Å². The Morgan fingerprint density at radius 2 is 1.67 bits per heavy atom. The molecule has 160 valence electrons.